The summed E-state index contributed by atoms with van der Waals surface area (Å²) in [7, 11) is 1.38. The van der Waals surface area contributed by atoms with Crippen molar-refractivity contribution in [2.24, 2.45) is 0 Å². The van der Waals surface area contributed by atoms with E-state index in [1.165, 1.54) is 25.3 Å². The van der Waals surface area contributed by atoms with E-state index < -0.39 is 4.92 Å². The Hall–Kier alpha value is -3.09. The first kappa shape index (κ1) is 17.3. The van der Waals surface area contributed by atoms with Crippen molar-refractivity contribution in [2.75, 3.05) is 19.0 Å². The highest BCUT2D eigenvalue weighted by Gasteiger charge is 2.14. The van der Waals surface area contributed by atoms with Crippen molar-refractivity contribution in [3.63, 3.8) is 0 Å². The first-order valence-electron chi connectivity index (χ1n) is 7.38. The number of aryl methyl sites for hydroxylation is 1. The van der Waals surface area contributed by atoms with Crippen molar-refractivity contribution in [3.8, 4) is 11.5 Å². The molecule has 0 unspecified atom stereocenters. The number of rotatable bonds is 7. The third kappa shape index (κ3) is 4.22. The zero-order valence-corrected chi connectivity index (χ0v) is 13.4. The monoisotopic (exact) mass is 330 g/mol. The molecule has 0 heterocycles. The number of hydrogen-bond acceptors (Lipinski definition) is 5. The van der Waals surface area contributed by atoms with E-state index >= 15 is 0 Å². The van der Waals surface area contributed by atoms with Crippen LogP contribution in [-0.2, 0) is 11.2 Å². The zero-order chi connectivity index (χ0) is 17.5. The molecule has 0 fully saturated rings. The molecule has 24 heavy (non-hydrogen) atoms. The Bertz CT molecular complexity index is 746. The summed E-state index contributed by atoms with van der Waals surface area (Å²) in [5, 5.41) is 13.4. The molecule has 2 aromatic carbocycles. The smallest absolute Gasteiger partial charge is 0.273 e. The van der Waals surface area contributed by atoms with E-state index in [9.17, 15) is 14.9 Å². The van der Waals surface area contributed by atoms with Crippen molar-refractivity contribution in [1.29, 1.82) is 0 Å². The van der Waals surface area contributed by atoms with Crippen LogP contribution >= 0.6 is 0 Å². The maximum Gasteiger partial charge on any atom is 0.273 e. The van der Waals surface area contributed by atoms with Crippen LogP contribution in [0.25, 0.3) is 0 Å². The maximum absolute atomic E-state index is 12.0. The second-order valence-corrected chi connectivity index (χ2v) is 4.94. The lowest BCUT2D eigenvalue weighted by Crippen LogP contribution is -2.20. The van der Waals surface area contributed by atoms with Gasteiger partial charge in [-0.15, -0.1) is 0 Å². The number of carbonyl (C=O) groups excluding carboxylic acids is 1. The minimum atomic E-state index is -0.529. The minimum absolute atomic E-state index is 0.113. The Morgan fingerprint density at radius 2 is 1.96 bits per heavy atom. The quantitative estimate of drug-likeness (QED) is 0.622. The fourth-order valence-corrected chi connectivity index (χ4v) is 2.16. The lowest BCUT2D eigenvalue weighted by molar-refractivity contribution is -0.384. The molecule has 0 bridgehead atoms. The Morgan fingerprint density at radius 3 is 2.62 bits per heavy atom. The summed E-state index contributed by atoms with van der Waals surface area (Å²) in [5.74, 6) is 0.491. The third-order valence-corrected chi connectivity index (χ3v) is 3.38. The average Bonchev–Trinajstić information content (AvgIpc) is 2.60. The molecule has 7 heteroatoms. The predicted molar refractivity (Wildman–Crippen MR) is 89.6 cm³/mol. The fourth-order valence-electron chi connectivity index (χ4n) is 2.16. The van der Waals surface area contributed by atoms with Gasteiger partial charge in [0.25, 0.3) is 11.6 Å². The molecule has 1 amide bonds. The third-order valence-electron chi connectivity index (χ3n) is 3.38. The summed E-state index contributed by atoms with van der Waals surface area (Å²) in [4.78, 5) is 22.3. The van der Waals surface area contributed by atoms with E-state index in [4.69, 9.17) is 9.47 Å². The van der Waals surface area contributed by atoms with Crippen LogP contribution in [0.5, 0.6) is 11.5 Å². The van der Waals surface area contributed by atoms with Gasteiger partial charge < -0.3 is 14.8 Å². The lowest BCUT2D eigenvalue weighted by Gasteiger charge is -2.12. The number of nitrogens with zero attached hydrogens (tertiary/aromatic N) is 1. The molecule has 0 aliphatic heterocycles. The highest BCUT2D eigenvalue weighted by atomic mass is 16.6. The average molecular weight is 330 g/mol. The summed E-state index contributed by atoms with van der Waals surface area (Å²) in [6, 6.07) is 11.5. The standard InChI is InChI=1S/C17H18N2O5/c1-3-12-6-4-5-7-15(12)24-11-17(20)18-14-9-8-13(19(21)22)10-16(14)23-2/h4-10H,3,11H2,1-2H3,(H,18,20). The summed E-state index contributed by atoms with van der Waals surface area (Å²) < 4.78 is 10.6. The van der Waals surface area contributed by atoms with Crippen LogP contribution in [-0.4, -0.2) is 24.5 Å². The van der Waals surface area contributed by atoms with Crippen LogP contribution in [0.4, 0.5) is 11.4 Å². The molecule has 0 atom stereocenters. The Balaban J connectivity index is 2.03. The van der Waals surface area contributed by atoms with E-state index in [0.717, 1.165) is 12.0 Å². The molecule has 126 valence electrons. The van der Waals surface area contributed by atoms with Crippen LogP contribution in [0.2, 0.25) is 0 Å². The first-order valence-corrected chi connectivity index (χ1v) is 7.38. The number of anilines is 1. The molecule has 1 N–H and O–H groups in total. The van der Waals surface area contributed by atoms with Gasteiger partial charge in [-0.1, -0.05) is 25.1 Å². The van der Waals surface area contributed by atoms with Crippen molar-refractivity contribution < 1.29 is 19.2 Å². The predicted octanol–water partition coefficient (Wildman–Crippen LogP) is 3.18. The number of hydrogen-bond donors (Lipinski definition) is 1. The molecule has 0 aliphatic carbocycles. The van der Waals surface area contributed by atoms with Gasteiger partial charge in [-0.05, 0) is 24.1 Å². The Labute approximate surface area is 139 Å². The number of nitrogens with one attached hydrogen (secondary N) is 1. The molecule has 0 aliphatic rings. The SMILES string of the molecule is CCc1ccccc1OCC(=O)Nc1ccc([N+](=O)[O-])cc1OC. The van der Waals surface area contributed by atoms with Crippen LogP contribution in [0.3, 0.4) is 0 Å². The lowest BCUT2D eigenvalue weighted by atomic mass is 10.1. The van der Waals surface area contributed by atoms with Crippen LogP contribution in [0.15, 0.2) is 42.5 Å². The maximum atomic E-state index is 12.0. The number of para-hydroxylation sites is 1. The number of nitro benzene ring substituents is 1. The van der Waals surface area contributed by atoms with E-state index in [0.29, 0.717) is 11.4 Å². The highest BCUT2D eigenvalue weighted by molar-refractivity contribution is 5.93. The summed E-state index contributed by atoms with van der Waals surface area (Å²) in [6.45, 7) is 1.83. The molecule has 2 rings (SSSR count). The number of methoxy groups -OCH3 is 1. The molecule has 0 spiro atoms. The first-order chi connectivity index (χ1) is 11.5. The Kier molecular flexibility index (Phi) is 5.73. The molecular weight excluding hydrogens is 312 g/mol. The zero-order valence-electron chi connectivity index (χ0n) is 13.4. The molecule has 0 aromatic heterocycles. The van der Waals surface area contributed by atoms with Gasteiger partial charge in [-0.2, -0.15) is 0 Å². The van der Waals surface area contributed by atoms with Gasteiger partial charge in [0.05, 0.1) is 23.8 Å². The molecular formula is C17H18N2O5. The molecule has 0 saturated carbocycles. The van der Waals surface area contributed by atoms with Crippen molar-refractivity contribution in [2.45, 2.75) is 13.3 Å². The number of nitro groups is 1. The minimum Gasteiger partial charge on any atom is -0.494 e. The van der Waals surface area contributed by atoms with Crippen LogP contribution in [0, 0.1) is 10.1 Å². The summed E-state index contributed by atoms with van der Waals surface area (Å²) in [5.41, 5.74) is 1.25. The van der Waals surface area contributed by atoms with Gasteiger partial charge >= 0.3 is 0 Å². The highest BCUT2D eigenvalue weighted by Crippen LogP contribution is 2.29. The van der Waals surface area contributed by atoms with Gasteiger partial charge in [-0.3, -0.25) is 14.9 Å². The number of amides is 1. The van der Waals surface area contributed by atoms with Gasteiger partial charge in [0.1, 0.15) is 11.5 Å². The van der Waals surface area contributed by atoms with Crippen LogP contribution in [0.1, 0.15) is 12.5 Å². The normalized spacial score (nSPS) is 10.1. The molecule has 7 nitrogen and oxygen atoms in total. The van der Waals surface area contributed by atoms with Crippen molar-refractivity contribution in [3.05, 3.63) is 58.1 Å². The van der Waals surface area contributed by atoms with Gasteiger partial charge in [0, 0.05) is 6.07 Å². The summed E-state index contributed by atoms with van der Waals surface area (Å²) in [6.07, 6.45) is 0.800. The summed E-state index contributed by atoms with van der Waals surface area (Å²) >= 11 is 0. The van der Waals surface area contributed by atoms with E-state index in [-0.39, 0.29) is 24.0 Å². The van der Waals surface area contributed by atoms with E-state index in [2.05, 4.69) is 5.32 Å². The number of non-ortho nitro benzene ring substituents is 1. The second-order valence-electron chi connectivity index (χ2n) is 4.94. The topological polar surface area (TPSA) is 90.7 Å². The number of carbonyl (C=O) groups is 1. The fraction of sp³-hybridized carbons (Fsp3) is 0.235. The molecule has 0 radical (unpaired) electrons. The van der Waals surface area contributed by atoms with Gasteiger partial charge in [-0.25, -0.2) is 0 Å². The van der Waals surface area contributed by atoms with Crippen molar-refractivity contribution in [1.82, 2.24) is 0 Å². The van der Waals surface area contributed by atoms with Gasteiger partial charge in [0.15, 0.2) is 6.61 Å². The number of ether oxygens (including phenoxy) is 2. The Morgan fingerprint density at radius 1 is 1.21 bits per heavy atom. The second kappa shape index (κ2) is 7.96. The van der Waals surface area contributed by atoms with Crippen LogP contribution < -0.4 is 14.8 Å². The largest absolute Gasteiger partial charge is 0.494 e. The molecule has 2 aromatic rings. The van der Waals surface area contributed by atoms with E-state index in [1.54, 1.807) is 6.07 Å². The molecule has 0 saturated heterocycles. The van der Waals surface area contributed by atoms with E-state index in [1.807, 2.05) is 25.1 Å². The van der Waals surface area contributed by atoms with Crippen molar-refractivity contribution >= 4 is 17.3 Å². The van der Waals surface area contributed by atoms with Gasteiger partial charge in [0.2, 0.25) is 0 Å². The number of benzene rings is 2.